The zero-order valence-corrected chi connectivity index (χ0v) is 14.4. The molecule has 0 spiro atoms. The third kappa shape index (κ3) is 11.4. The molecule has 0 aromatic rings. The van der Waals surface area contributed by atoms with Crippen molar-refractivity contribution in [1.29, 1.82) is 0 Å². The van der Waals surface area contributed by atoms with Gasteiger partial charge in [0, 0.05) is 0 Å². The van der Waals surface area contributed by atoms with Crippen molar-refractivity contribution in [1.82, 2.24) is 0 Å². The smallest absolute Gasteiger partial charge is 0.342 e. The van der Waals surface area contributed by atoms with E-state index in [9.17, 15) is 0 Å². The summed E-state index contributed by atoms with van der Waals surface area (Å²) in [5, 5.41) is 0. The molecule has 1 aliphatic rings. The zero-order chi connectivity index (χ0) is 11.9. The summed E-state index contributed by atoms with van der Waals surface area (Å²) in [6.45, 7) is 24.2. The molecule has 15 heavy (non-hydrogen) atoms. The van der Waals surface area contributed by atoms with Crippen molar-refractivity contribution in [2.24, 2.45) is 29.6 Å². The van der Waals surface area contributed by atoms with Gasteiger partial charge >= 0.3 is 32.7 Å². The van der Waals surface area contributed by atoms with Crippen molar-refractivity contribution in [3.05, 3.63) is 20.8 Å². The van der Waals surface area contributed by atoms with Gasteiger partial charge in [-0.05, 0) is 5.92 Å². The van der Waals surface area contributed by atoms with E-state index in [4.69, 9.17) is 0 Å². The Morgan fingerprint density at radius 2 is 1.07 bits per heavy atom. The van der Waals surface area contributed by atoms with E-state index in [2.05, 4.69) is 48.5 Å². The molecular formula is C14H29Y. The summed E-state index contributed by atoms with van der Waals surface area (Å²) in [7, 11) is 0. The molecule has 0 heterocycles. The Balaban J connectivity index is -0.000000179. The first-order valence-electron chi connectivity index (χ1n) is 5.87. The summed E-state index contributed by atoms with van der Waals surface area (Å²) in [5.74, 6) is 3.49. The Labute approximate surface area is 124 Å². The SMILES string of the molecule is CC.[CH2-]C(C)C.[CH2-]C1C(C(C)C)[C@@H]1[CH2-].[Y+3]. The molecular weight excluding hydrogens is 257 g/mol. The second-order valence-corrected chi connectivity index (χ2v) is 4.54. The summed E-state index contributed by atoms with van der Waals surface area (Å²) in [6.07, 6.45) is 0. The Morgan fingerprint density at radius 1 is 0.867 bits per heavy atom. The van der Waals surface area contributed by atoms with E-state index >= 15 is 0 Å². The van der Waals surface area contributed by atoms with Gasteiger partial charge in [0.25, 0.3) is 0 Å². The Morgan fingerprint density at radius 3 is 1.07 bits per heavy atom. The molecule has 88 valence electrons. The monoisotopic (exact) mass is 286 g/mol. The number of hydrogen-bond acceptors (Lipinski definition) is 0. The molecule has 0 aromatic heterocycles. The van der Waals surface area contributed by atoms with Gasteiger partial charge in [-0.25, -0.2) is 0 Å². The fourth-order valence-corrected chi connectivity index (χ4v) is 1.46. The predicted molar refractivity (Wildman–Crippen MR) is 67.6 cm³/mol. The normalized spacial score (nSPS) is 27.0. The molecule has 0 aromatic carbocycles. The summed E-state index contributed by atoms with van der Waals surface area (Å²) in [4.78, 5) is 0. The van der Waals surface area contributed by atoms with Crippen LogP contribution in [0.25, 0.3) is 0 Å². The van der Waals surface area contributed by atoms with Crippen molar-refractivity contribution in [2.75, 3.05) is 0 Å². The van der Waals surface area contributed by atoms with Crippen LogP contribution in [-0.4, -0.2) is 0 Å². The molecule has 0 aliphatic heterocycles. The Hall–Kier alpha value is 1.10. The van der Waals surface area contributed by atoms with Crippen LogP contribution in [0.2, 0.25) is 0 Å². The van der Waals surface area contributed by atoms with Gasteiger partial charge in [-0.1, -0.05) is 47.5 Å². The van der Waals surface area contributed by atoms with E-state index < -0.39 is 0 Å². The zero-order valence-electron chi connectivity index (χ0n) is 11.6. The van der Waals surface area contributed by atoms with Crippen LogP contribution >= 0.6 is 0 Å². The van der Waals surface area contributed by atoms with Gasteiger partial charge in [-0.2, -0.15) is 17.8 Å². The standard InChI is InChI=1S/C8H14.C4H9.C2H6.Y/c1-5(2)8-6(3)7(8)4;1-4(2)3;1-2;/h5-8H,3-4H2,1-2H3;4H,1H2,2-3H3;1-2H3;/q-2;-1;;+3/t6-,7?,8?;;;/m1.../s1. The summed E-state index contributed by atoms with van der Waals surface area (Å²) < 4.78 is 0. The first-order chi connectivity index (χ1) is 6.37. The van der Waals surface area contributed by atoms with Gasteiger partial charge in [0.05, 0.1) is 0 Å². The van der Waals surface area contributed by atoms with Crippen molar-refractivity contribution in [3.63, 3.8) is 0 Å². The minimum atomic E-state index is 0. The molecule has 0 radical (unpaired) electrons. The van der Waals surface area contributed by atoms with E-state index in [0.717, 1.165) is 11.8 Å². The van der Waals surface area contributed by atoms with Crippen LogP contribution in [0.15, 0.2) is 0 Å². The average molecular weight is 286 g/mol. The second-order valence-electron chi connectivity index (χ2n) is 4.54. The van der Waals surface area contributed by atoms with Gasteiger partial charge in [0.15, 0.2) is 0 Å². The minimum Gasteiger partial charge on any atom is -0.342 e. The molecule has 1 aliphatic carbocycles. The summed E-state index contributed by atoms with van der Waals surface area (Å²) >= 11 is 0. The fraction of sp³-hybridized carbons (Fsp3) is 0.786. The van der Waals surface area contributed by atoms with Gasteiger partial charge in [-0.3, -0.25) is 0 Å². The molecule has 2 unspecified atom stereocenters. The molecule has 0 amide bonds. The number of rotatable bonds is 1. The second kappa shape index (κ2) is 11.6. The molecule has 3 atom stereocenters. The maximum Gasteiger partial charge on any atom is 3.00 e. The Kier molecular flexibility index (Phi) is 16.5. The molecule has 1 saturated carbocycles. The topological polar surface area (TPSA) is 0 Å². The van der Waals surface area contributed by atoms with Gasteiger partial charge in [0.2, 0.25) is 0 Å². The average Bonchev–Trinajstić information content (AvgIpc) is 2.62. The van der Waals surface area contributed by atoms with E-state index in [0.29, 0.717) is 17.8 Å². The van der Waals surface area contributed by atoms with Crippen LogP contribution in [-0.2, 0) is 32.7 Å². The van der Waals surface area contributed by atoms with Crippen molar-refractivity contribution in [3.8, 4) is 0 Å². The molecule has 0 nitrogen and oxygen atoms in total. The van der Waals surface area contributed by atoms with Crippen molar-refractivity contribution >= 4 is 0 Å². The van der Waals surface area contributed by atoms with E-state index in [1.165, 1.54) is 0 Å². The maximum absolute atomic E-state index is 3.97. The largest absolute Gasteiger partial charge is 3.00 e. The molecule has 0 N–H and O–H groups in total. The minimum absolute atomic E-state index is 0. The third-order valence-corrected chi connectivity index (χ3v) is 2.17. The van der Waals surface area contributed by atoms with Crippen LogP contribution in [0.5, 0.6) is 0 Å². The van der Waals surface area contributed by atoms with Crippen LogP contribution in [0, 0.1) is 50.4 Å². The van der Waals surface area contributed by atoms with Crippen LogP contribution < -0.4 is 0 Å². The molecule has 1 heteroatoms. The maximum atomic E-state index is 3.97. The first kappa shape index (κ1) is 21.4. The third-order valence-electron chi connectivity index (χ3n) is 2.17. The van der Waals surface area contributed by atoms with Crippen LogP contribution in [0.4, 0.5) is 0 Å². The molecule has 1 fully saturated rings. The van der Waals surface area contributed by atoms with Crippen LogP contribution in [0.3, 0.4) is 0 Å². The molecule has 0 bridgehead atoms. The molecule has 1 rings (SSSR count). The fourth-order valence-electron chi connectivity index (χ4n) is 1.46. The van der Waals surface area contributed by atoms with Gasteiger partial charge in [0.1, 0.15) is 0 Å². The first-order valence-corrected chi connectivity index (χ1v) is 5.87. The number of hydrogen-bond donors (Lipinski definition) is 0. The van der Waals surface area contributed by atoms with E-state index in [1.807, 2.05) is 13.8 Å². The summed E-state index contributed by atoms with van der Waals surface area (Å²) in [5.41, 5.74) is 0. The van der Waals surface area contributed by atoms with Crippen LogP contribution in [0.1, 0.15) is 41.5 Å². The molecule has 0 saturated heterocycles. The van der Waals surface area contributed by atoms with Gasteiger partial charge < -0.3 is 20.8 Å². The summed E-state index contributed by atoms with van der Waals surface area (Å²) in [6, 6.07) is 0. The van der Waals surface area contributed by atoms with E-state index in [-0.39, 0.29) is 32.7 Å². The van der Waals surface area contributed by atoms with Gasteiger partial charge in [-0.15, -0.1) is 0 Å². The van der Waals surface area contributed by atoms with Crippen molar-refractivity contribution in [2.45, 2.75) is 41.5 Å². The van der Waals surface area contributed by atoms with E-state index in [1.54, 1.807) is 0 Å². The quantitative estimate of drug-likeness (QED) is 0.614. The van der Waals surface area contributed by atoms with Crippen molar-refractivity contribution < 1.29 is 32.7 Å². The predicted octanol–water partition coefficient (Wildman–Crippen LogP) is 4.67. The Bertz CT molecular complexity index is 101.